The van der Waals surface area contributed by atoms with Gasteiger partial charge in [-0.1, -0.05) is 0 Å². The molecule has 25 heavy (non-hydrogen) atoms. The lowest BCUT2D eigenvalue weighted by Gasteiger charge is -2.09. The molecule has 0 saturated heterocycles. The van der Waals surface area contributed by atoms with E-state index in [2.05, 4.69) is 15.3 Å². The van der Waals surface area contributed by atoms with Gasteiger partial charge in [0.1, 0.15) is 12.4 Å². The van der Waals surface area contributed by atoms with Gasteiger partial charge in [0.2, 0.25) is 5.43 Å². The topological polar surface area (TPSA) is 109 Å². The minimum absolute atomic E-state index is 0.125. The molecule has 3 aromatic rings. The number of anilines is 1. The van der Waals surface area contributed by atoms with E-state index in [0.717, 1.165) is 5.69 Å². The van der Waals surface area contributed by atoms with Gasteiger partial charge in [-0.2, -0.15) is 0 Å². The van der Waals surface area contributed by atoms with E-state index in [9.17, 15) is 9.59 Å². The summed E-state index contributed by atoms with van der Waals surface area (Å²) >= 11 is 0. The number of benzene rings is 1. The molecule has 0 aliphatic carbocycles. The Morgan fingerprint density at radius 2 is 2.20 bits per heavy atom. The van der Waals surface area contributed by atoms with Gasteiger partial charge in [0.25, 0.3) is 5.91 Å². The number of aromatic nitrogens is 3. The number of aliphatic hydroxyl groups is 1. The number of carbonyl (C=O) groups excluding carboxylic acids is 1. The number of ether oxygens (including phenoxy) is 1. The number of nitrogens with zero attached hydrogens (tertiary/aromatic N) is 2. The largest absolute Gasteiger partial charge is 0.478 e. The number of pyridine rings is 1. The summed E-state index contributed by atoms with van der Waals surface area (Å²) in [6, 6.07) is 6.60. The predicted octanol–water partition coefficient (Wildman–Crippen LogP) is 1.08. The second-order valence-electron chi connectivity index (χ2n) is 5.66. The van der Waals surface area contributed by atoms with Crippen molar-refractivity contribution in [1.82, 2.24) is 14.5 Å². The maximum atomic E-state index is 12.0. The molecule has 2 heterocycles. The van der Waals surface area contributed by atoms with Crippen LogP contribution in [-0.2, 0) is 18.4 Å². The molecule has 1 amide bonds. The highest BCUT2D eigenvalue weighted by atomic mass is 16.5. The average Bonchev–Trinajstić information content (AvgIpc) is 2.99. The summed E-state index contributed by atoms with van der Waals surface area (Å²) in [5, 5.41) is 11.8. The molecule has 1 aromatic carbocycles. The van der Waals surface area contributed by atoms with E-state index >= 15 is 0 Å². The van der Waals surface area contributed by atoms with Gasteiger partial charge in [-0.3, -0.25) is 9.59 Å². The van der Waals surface area contributed by atoms with Gasteiger partial charge in [-0.25, -0.2) is 4.98 Å². The van der Waals surface area contributed by atoms with Gasteiger partial charge in [0, 0.05) is 30.7 Å². The van der Waals surface area contributed by atoms with Crippen molar-refractivity contribution in [2.45, 2.75) is 13.5 Å². The van der Waals surface area contributed by atoms with Crippen LogP contribution in [0.3, 0.4) is 0 Å². The number of hydrogen-bond acceptors (Lipinski definition) is 5. The molecule has 0 aliphatic heterocycles. The smallest absolute Gasteiger partial charge is 0.262 e. The van der Waals surface area contributed by atoms with E-state index in [1.54, 1.807) is 36.0 Å². The van der Waals surface area contributed by atoms with Crippen molar-refractivity contribution < 1.29 is 14.6 Å². The number of nitrogens with one attached hydrogen (secondary N) is 2. The number of carbonyl (C=O) groups is 1. The number of fused-ring (bicyclic) bond motifs is 1. The number of imidazole rings is 1. The van der Waals surface area contributed by atoms with Crippen molar-refractivity contribution in [1.29, 1.82) is 0 Å². The lowest BCUT2D eigenvalue weighted by Crippen LogP contribution is -2.22. The third-order valence-corrected chi connectivity index (χ3v) is 3.77. The van der Waals surface area contributed by atoms with Crippen molar-refractivity contribution in [3.8, 4) is 5.75 Å². The number of rotatable bonds is 5. The van der Waals surface area contributed by atoms with Crippen LogP contribution < -0.4 is 15.5 Å². The first kappa shape index (κ1) is 16.7. The molecule has 0 saturated carbocycles. The molecule has 130 valence electrons. The van der Waals surface area contributed by atoms with Gasteiger partial charge >= 0.3 is 0 Å². The first-order valence-corrected chi connectivity index (χ1v) is 7.65. The highest BCUT2D eigenvalue weighted by Gasteiger charge is 2.09. The lowest BCUT2D eigenvalue weighted by atomic mass is 10.3. The third kappa shape index (κ3) is 3.69. The fourth-order valence-corrected chi connectivity index (χ4v) is 2.37. The Balaban J connectivity index is 1.66. The Hall–Kier alpha value is -3.13. The number of aryl methyl sites for hydroxylation is 2. The zero-order valence-electron chi connectivity index (χ0n) is 13.9. The molecule has 0 radical (unpaired) electrons. The van der Waals surface area contributed by atoms with Crippen LogP contribution >= 0.6 is 0 Å². The van der Waals surface area contributed by atoms with Gasteiger partial charge < -0.3 is 24.7 Å². The summed E-state index contributed by atoms with van der Waals surface area (Å²) < 4.78 is 7.07. The van der Waals surface area contributed by atoms with Crippen molar-refractivity contribution in [2.24, 2.45) is 7.05 Å². The predicted molar refractivity (Wildman–Crippen MR) is 92.6 cm³/mol. The maximum Gasteiger partial charge on any atom is 0.262 e. The molecular weight excluding hydrogens is 324 g/mol. The molecular formula is C17H18N4O4. The van der Waals surface area contributed by atoms with Crippen molar-refractivity contribution in [3.63, 3.8) is 0 Å². The molecule has 8 heteroatoms. The second kappa shape index (κ2) is 6.78. The van der Waals surface area contributed by atoms with E-state index in [-0.39, 0.29) is 30.3 Å². The van der Waals surface area contributed by atoms with Gasteiger partial charge in [-0.15, -0.1) is 0 Å². The fourth-order valence-electron chi connectivity index (χ4n) is 2.37. The molecule has 8 nitrogen and oxygen atoms in total. The number of hydrogen-bond donors (Lipinski definition) is 3. The van der Waals surface area contributed by atoms with Crippen LogP contribution in [0.1, 0.15) is 11.5 Å². The van der Waals surface area contributed by atoms with E-state index in [1.807, 2.05) is 6.92 Å². The molecule has 0 unspecified atom stereocenters. The Morgan fingerprint density at radius 3 is 2.96 bits per heavy atom. The Morgan fingerprint density at radius 1 is 1.40 bits per heavy atom. The Bertz CT molecular complexity index is 990. The number of H-pyrrole nitrogens is 1. The monoisotopic (exact) mass is 342 g/mol. The minimum Gasteiger partial charge on any atom is -0.478 e. The normalized spacial score (nSPS) is 10.8. The molecule has 0 atom stereocenters. The number of aromatic amines is 1. The zero-order chi connectivity index (χ0) is 18.0. The minimum atomic E-state index is -0.385. The number of amides is 1. The van der Waals surface area contributed by atoms with E-state index in [4.69, 9.17) is 9.84 Å². The Kier molecular flexibility index (Phi) is 4.53. The highest BCUT2D eigenvalue weighted by Crippen LogP contribution is 2.17. The molecule has 0 aliphatic rings. The van der Waals surface area contributed by atoms with Crippen molar-refractivity contribution in [2.75, 3.05) is 11.9 Å². The molecule has 0 spiro atoms. The SMILES string of the molecule is Cc1cc(=O)c(OCC(=O)Nc2ccc3nc(CO)[nH]c3c2)cn1C. The summed E-state index contributed by atoms with van der Waals surface area (Å²) in [7, 11) is 1.79. The standard InChI is InChI=1S/C17H18N4O4/c1-10-5-14(23)15(7-21(10)2)25-9-17(24)18-11-3-4-12-13(6-11)20-16(8-22)19-12/h3-7,22H,8-9H2,1-2H3,(H,18,24)(H,19,20). The van der Waals surface area contributed by atoms with Crippen LogP contribution in [0.5, 0.6) is 5.75 Å². The van der Waals surface area contributed by atoms with Crippen LogP contribution in [0.15, 0.2) is 35.3 Å². The first-order chi connectivity index (χ1) is 12.0. The highest BCUT2D eigenvalue weighted by molar-refractivity contribution is 5.94. The maximum absolute atomic E-state index is 12.0. The summed E-state index contributed by atoms with van der Waals surface area (Å²) in [4.78, 5) is 31.0. The van der Waals surface area contributed by atoms with Crippen LogP contribution in [0.4, 0.5) is 5.69 Å². The molecule has 0 bridgehead atoms. The van der Waals surface area contributed by atoms with E-state index < -0.39 is 0 Å². The van der Waals surface area contributed by atoms with Gasteiger partial charge in [-0.05, 0) is 25.1 Å². The molecule has 3 N–H and O–H groups in total. The van der Waals surface area contributed by atoms with Crippen LogP contribution in [-0.4, -0.2) is 32.2 Å². The lowest BCUT2D eigenvalue weighted by molar-refractivity contribution is -0.118. The third-order valence-electron chi connectivity index (χ3n) is 3.77. The zero-order valence-corrected chi connectivity index (χ0v) is 13.9. The van der Waals surface area contributed by atoms with Crippen LogP contribution in [0.25, 0.3) is 11.0 Å². The summed E-state index contributed by atoms with van der Waals surface area (Å²) in [5.41, 5.74) is 2.50. The molecule has 3 rings (SSSR count). The fraction of sp³-hybridized carbons (Fsp3) is 0.235. The summed E-state index contributed by atoms with van der Waals surface area (Å²) in [6.45, 7) is 1.35. The van der Waals surface area contributed by atoms with Crippen LogP contribution in [0.2, 0.25) is 0 Å². The quantitative estimate of drug-likeness (QED) is 0.643. The number of aliphatic hydroxyl groups excluding tert-OH is 1. The average molecular weight is 342 g/mol. The first-order valence-electron chi connectivity index (χ1n) is 7.65. The van der Waals surface area contributed by atoms with Gasteiger partial charge in [0.05, 0.1) is 11.0 Å². The Labute approximate surface area is 143 Å². The summed E-state index contributed by atoms with van der Waals surface area (Å²) in [6.07, 6.45) is 1.55. The van der Waals surface area contributed by atoms with Crippen molar-refractivity contribution >= 4 is 22.6 Å². The molecule has 2 aromatic heterocycles. The van der Waals surface area contributed by atoms with Gasteiger partial charge in [0.15, 0.2) is 12.4 Å². The van der Waals surface area contributed by atoms with Crippen molar-refractivity contribution in [3.05, 3.63) is 52.2 Å². The second-order valence-corrected chi connectivity index (χ2v) is 5.66. The van der Waals surface area contributed by atoms with E-state index in [0.29, 0.717) is 22.5 Å². The summed E-state index contributed by atoms with van der Waals surface area (Å²) in [5.74, 6) is 0.195. The van der Waals surface area contributed by atoms with E-state index in [1.165, 1.54) is 6.07 Å². The molecule has 0 fully saturated rings. The van der Waals surface area contributed by atoms with Crippen LogP contribution in [0, 0.1) is 6.92 Å².